The fourth-order valence-corrected chi connectivity index (χ4v) is 5.11. The summed E-state index contributed by atoms with van der Waals surface area (Å²) >= 11 is 0.750. The number of hydrogen-bond donors (Lipinski definition) is 1. The highest BCUT2D eigenvalue weighted by molar-refractivity contribution is 8.18. The van der Waals surface area contributed by atoms with Crippen molar-refractivity contribution in [3.8, 4) is 16.9 Å². The van der Waals surface area contributed by atoms with Crippen LogP contribution in [-0.2, 0) is 15.6 Å². The van der Waals surface area contributed by atoms with Crippen molar-refractivity contribution in [3.63, 3.8) is 0 Å². The first-order chi connectivity index (χ1) is 15.7. The lowest BCUT2D eigenvalue weighted by Gasteiger charge is -2.39. The van der Waals surface area contributed by atoms with Crippen LogP contribution in [0.3, 0.4) is 0 Å². The lowest BCUT2D eigenvalue weighted by molar-refractivity contribution is -0.274. The molecule has 1 fully saturated rings. The summed E-state index contributed by atoms with van der Waals surface area (Å²) in [4.78, 5) is 23.7. The van der Waals surface area contributed by atoms with Gasteiger partial charge < -0.3 is 4.74 Å². The maximum atomic E-state index is 13.3. The third kappa shape index (κ3) is 4.64. The molecule has 0 radical (unpaired) electrons. The molecule has 1 saturated heterocycles. The molecule has 2 aromatic rings. The number of alkyl halides is 3. The molecule has 8 heteroatoms. The van der Waals surface area contributed by atoms with Crippen LogP contribution in [0, 0.1) is 6.92 Å². The minimum atomic E-state index is -4.87. The van der Waals surface area contributed by atoms with Crippen LogP contribution in [0.1, 0.15) is 49.9 Å². The van der Waals surface area contributed by atoms with Gasteiger partial charge in [-0.25, -0.2) is 0 Å². The number of nitrogens with one attached hydrogen (secondary N) is 1. The van der Waals surface area contributed by atoms with Crippen LogP contribution in [0.2, 0.25) is 0 Å². The predicted molar refractivity (Wildman–Crippen MR) is 128 cm³/mol. The van der Waals surface area contributed by atoms with E-state index in [1.54, 1.807) is 6.07 Å². The quantitative estimate of drug-likeness (QED) is 0.374. The molecule has 1 aliphatic heterocycles. The Morgan fingerprint density at radius 3 is 2.26 bits per heavy atom. The minimum Gasteiger partial charge on any atom is -0.405 e. The van der Waals surface area contributed by atoms with Crippen LogP contribution in [0.5, 0.6) is 5.75 Å². The van der Waals surface area contributed by atoms with Gasteiger partial charge in [0.15, 0.2) is 0 Å². The Bertz CT molecular complexity index is 1270. The first kappa shape index (κ1) is 24.1. The second-order valence-corrected chi connectivity index (χ2v) is 10.7. The summed E-state index contributed by atoms with van der Waals surface area (Å²) in [5.41, 5.74) is 3.50. The molecule has 2 aliphatic rings. The molecular formula is C26H24F3NO3S. The summed E-state index contributed by atoms with van der Waals surface area (Å²) in [5.74, 6) is -0.863. The van der Waals surface area contributed by atoms with E-state index in [1.807, 2.05) is 26.8 Å². The third-order valence-electron chi connectivity index (χ3n) is 6.00. The monoisotopic (exact) mass is 487 g/mol. The molecule has 0 unspecified atom stereocenters. The number of thioether (sulfide) groups is 1. The first-order valence-corrected chi connectivity index (χ1v) is 11.5. The van der Waals surface area contributed by atoms with Gasteiger partial charge in [0.25, 0.3) is 11.1 Å². The number of halogens is 3. The van der Waals surface area contributed by atoms with Gasteiger partial charge in [0, 0.05) is 16.4 Å². The Kier molecular flexibility index (Phi) is 5.71. The van der Waals surface area contributed by atoms with Crippen molar-refractivity contribution in [3.05, 3.63) is 69.6 Å². The number of benzene rings is 2. The minimum absolute atomic E-state index is 0.177. The van der Waals surface area contributed by atoms with Crippen LogP contribution in [0.4, 0.5) is 18.0 Å². The van der Waals surface area contributed by atoms with E-state index in [0.717, 1.165) is 28.5 Å². The van der Waals surface area contributed by atoms with Crippen LogP contribution >= 0.6 is 11.8 Å². The van der Waals surface area contributed by atoms with Crippen molar-refractivity contribution in [1.82, 2.24) is 5.32 Å². The molecule has 0 aromatic heterocycles. The number of ether oxygens (including phenoxy) is 1. The zero-order valence-electron chi connectivity index (χ0n) is 19.4. The number of aryl methyl sites for hydroxylation is 1. The molecular weight excluding hydrogens is 463 g/mol. The van der Waals surface area contributed by atoms with Gasteiger partial charge in [-0.2, -0.15) is 0 Å². The largest absolute Gasteiger partial charge is 0.573 e. The number of fused-ring (bicyclic) bond motifs is 1. The third-order valence-corrected chi connectivity index (χ3v) is 6.81. The molecule has 178 valence electrons. The topological polar surface area (TPSA) is 55.4 Å². The van der Waals surface area contributed by atoms with Gasteiger partial charge in [0.05, 0.1) is 4.91 Å². The number of allylic oxidation sites excluding steroid dienone is 2. The Morgan fingerprint density at radius 1 is 0.971 bits per heavy atom. The molecule has 0 spiro atoms. The standard InChI is InChI=1S/C26H24F3NO3S/c1-14-10-17(21-18(11-14)24(2,3)8-9-25(21,4)5)16-12-15(6-7-19(16)33-26(27,28)29)13-20-22(31)30-23(32)34-20/h6-13H,1-5H3,(H,30,31,32). The van der Waals surface area contributed by atoms with Gasteiger partial charge in [-0.05, 0) is 59.1 Å². The highest BCUT2D eigenvalue weighted by atomic mass is 32.2. The number of imide groups is 1. The molecule has 1 heterocycles. The van der Waals surface area contributed by atoms with Crippen LogP contribution in [0.15, 0.2) is 47.4 Å². The van der Waals surface area contributed by atoms with Crippen LogP contribution in [0.25, 0.3) is 17.2 Å². The van der Waals surface area contributed by atoms with Crippen LogP contribution in [-0.4, -0.2) is 17.5 Å². The first-order valence-electron chi connectivity index (χ1n) is 10.7. The molecule has 2 amide bonds. The normalized spacial score (nSPS) is 19.8. The highest BCUT2D eigenvalue weighted by Crippen LogP contribution is 2.48. The zero-order chi connectivity index (χ0) is 25.1. The molecule has 1 aliphatic carbocycles. The summed E-state index contributed by atoms with van der Waals surface area (Å²) in [6, 6.07) is 8.20. The van der Waals surface area contributed by atoms with Crippen molar-refractivity contribution in [2.45, 2.75) is 51.8 Å². The summed E-state index contributed by atoms with van der Waals surface area (Å²) in [6.45, 7) is 10.1. The van der Waals surface area contributed by atoms with Crippen molar-refractivity contribution in [1.29, 1.82) is 0 Å². The van der Waals surface area contributed by atoms with Gasteiger partial charge in [0.1, 0.15) is 5.75 Å². The predicted octanol–water partition coefficient (Wildman–Crippen LogP) is 7.01. The fourth-order valence-electron chi connectivity index (χ4n) is 4.42. The van der Waals surface area contributed by atoms with E-state index in [-0.39, 0.29) is 21.6 Å². The van der Waals surface area contributed by atoms with E-state index >= 15 is 0 Å². The van der Waals surface area contributed by atoms with E-state index in [2.05, 4.69) is 42.1 Å². The molecule has 0 saturated carbocycles. The average molecular weight is 488 g/mol. The number of hydrogen-bond acceptors (Lipinski definition) is 4. The Morgan fingerprint density at radius 2 is 1.65 bits per heavy atom. The van der Waals surface area contributed by atoms with Gasteiger partial charge in [0.2, 0.25) is 0 Å². The van der Waals surface area contributed by atoms with E-state index in [0.29, 0.717) is 11.1 Å². The second-order valence-electron chi connectivity index (χ2n) is 9.67. The van der Waals surface area contributed by atoms with E-state index < -0.39 is 22.9 Å². The maximum absolute atomic E-state index is 13.3. The molecule has 34 heavy (non-hydrogen) atoms. The number of carbonyl (C=O) groups is 2. The van der Waals surface area contributed by atoms with Crippen molar-refractivity contribution >= 4 is 29.0 Å². The fraction of sp³-hybridized carbons (Fsp3) is 0.308. The summed E-state index contributed by atoms with van der Waals surface area (Å²) in [5, 5.41) is 1.69. The number of carbonyl (C=O) groups excluding carboxylic acids is 2. The maximum Gasteiger partial charge on any atom is 0.573 e. The molecule has 4 nitrogen and oxygen atoms in total. The summed E-state index contributed by atoms with van der Waals surface area (Å²) in [7, 11) is 0. The zero-order valence-corrected chi connectivity index (χ0v) is 20.2. The SMILES string of the molecule is Cc1cc(-c2cc(C=C3SC(=O)NC3=O)ccc2OC(F)(F)F)c2c(c1)C(C)(C)C=CC2(C)C. The lowest BCUT2D eigenvalue weighted by atomic mass is 9.65. The molecule has 0 bridgehead atoms. The van der Waals surface area contributed by atoms with E-state index in [4.69, 9.17) is 0 Å². The van der Waals surface area contributed by atoms with E-state index in [9.17, 15) is 22.8 Å². The lowest BCUT2D eigenvalue weighted by Crippen LogP contribution is -2.30. The average Bonchev–Trinajstić information content (AvgIpc) is 3.01. The second kappa shape index (κ2) is 8.05. The highest BCUT2D eigenvalue weighted by Gasteiger charge is 2.37. The molecule has 4 rings (SSSR count). The number of amides is 2. The van der Waals surface area contributed by atoms with Crippen molar-refractivity contribution in [2.75, 3.05) is 0 Å². The van der Waals surface area contributed by atoms with Gasteiger partial charge in [-0.1, -0.05) is 63.6 Å². The molecule has 1 N–H and O–H groups in total. The van der Waals surface area contributed by atoms with Gasteiger partial charge in [-0.15, -0.1) is 13.2 Å². The molecule has 2 aromatic carbocycles. The van der Waals surface area contributed by atoms with Crippen molar-refractivity contribution in [2.24, 2.45) is 0 Å². The van der Waals surface area contributed by atoms with E-state index in [1.165, 1.54) is 18.2 Å². The number of rotatable bonds is 3. The molecule has 0 atom stereocenters. The van der Waals surface area contributed by atoms with Gasteiger partial charge >= 0.3 is 6.36 Å². The van der Waals surface area contributed by atoms with Crippen molar-refractivity contribution < 1.29 is 27.5 Å². The smallest absolute Gasteiger partial charge is 0.405 e. The summed E-state index contributed by atoms with van der Waals surface area (Å²) in [6.07, 6.45) is 0.818. The Hall–Kier alpha value is -3.00. The summed E-state index contributed by atoms with van der Waals surface area (Å²) < 4.78 is 44.4. The Balaban J connectivity index is 1.98. The van der Waals surface area contributed by atoms with Gasteiger partial charge in [-0.3, -0.25) is 14.9 Å². The van der Waals surface area contributed by atoms with Crippen LogP contribution < -0.4 is 10.1 Å². The Labute approximate surface area is 200 Å².